The molecule has 0 unspecified atom stereocenters. The van der Waals surface area contributed by atoms with Gasteiger partial charge in [0.15, 0.2) is 6.10 Å². The molecule has 0 saturated carbocycles. The van der Waals surface area contributed by atoms with E-state index >= 15 is 0 Å². The maximum atomic E-state index is 11.2. The molecule has 1 aromatic rings. The summed E-state index contributed by atoms with van der Waals surface area (Å²) in [6.07, 6.45) is -1.46. The van der Waals surface area contributed by atoms with Crippen LogP contribution < -0.4 is 5.73 Å². The molecule has 5 nitrogen and oxygen atoms in total. The fourth-order valence-electron chi connectivity index (χ4n) is 0.981. The summed E-state index contributed by atoms with van der Waals surface area (Å²) in [4.78, 5) is 21.8. The third-order valence-corrected chi connectivity index (χ3v) is 1.72. The van der Waals surface area contributed by atoms with Crippen LogP contribution in [-0.4, -0.2) is 23.6 Å². The van der Waals surface area contributed by atoms with E-state index in [9.17, 15) is 14.7 Å². The molecule has 0 heterocycles. The fourth-order valence-corrected chi connectivity index (χ4v) is 0.981. The van der Waals surface area contributed by atoms with Crippen LogP contribution in [-0.2, 0) is 33.8 Å². The molecule has 0 aromatic heterocycles. The molecule has 0 radical (unpaired) electrons. The third-order valence-electron chi connectivity index (χ3n) is 1.72. The first kappa shape index (κ1) is 14.9. The average molecular weight is 275 g/mol. The Morgan fingerprint density at radius 3 is 2.38 bits per heavy atom. The van der Waals surface area contributed by atoms with Gasteiger partial charge in [-0.3, -0.25) is 4.79 Å². The molecule has 0 saturated heterocycles. The third kappa shape index (κ3) is 4.18. The van der Waals surface area contributed by atoms with Crippen LogP contribution in [0.1, 0.15) is 11.7 Å². The van der Waals surface area contributed by atoms with Gasteiger partial charge >= 0.3 is 11.9 Å². The van der Waals surface area contributed by atoms with Crippen LogP contribution in [0.2, 0.25) is 0 Å². The Morgan fingerprint density at radius 2 is 1.88 bits per heavy atom. The summed E-state index contributed by atoms with van der Waals surface area (Å²) in [6.45, 7) is -0.396. The Morgan fingerprint density at radius 1 is 1.31 bits per heavy atom. The monoisotopic (exact) mass is 273 g/mol. The zero-order valence-electron chi connectivity index (χ0n) is 8.63. The smallest absolute Gasteiger partial charge is 0.347 e. The minimum Gasteiger partial charge on any atom is -0.390 e. The summed E-state index contributed by atoms with van der Waals surface area (Å²) in [5.74, 6) is -1.88. The quantitative estimate of drug-likeness (QED) is 0.450. The number of esters is 2. The van der Waals surface area contributed by atoms with Crippen molar-refractivity contribution in [1.82, 2.24) is 0 Å². The van der Waals surface area contributed by atoms with Gasteiger partial charge in [-0.1, -0.05) is 30.3 Å². The summed E-state index contributed by atoms with van der Waals surface area (Å²) in [7, 11) is 0. The number of carbonyl (C=O) groups excluding carboxylic acids is 2. The van der Waals surface area contributed by atoms with Gasteiger partial charge in [-0.25, -0.2) is 4.79 Å². The number of hydrogen-bond donors (Lipinski definition) is 2. The van der Waals surface area contributed by atoms with Gasteiger partial charge in [-0.05, 0) is 5.56 Å². The number of ether oxygens (including phenoxy) is 1. The van der Waals surface area contributed by atoms with Crippen LogP contribution in [0.4, 0.5) is 0 Å². The standard InChI is InChI=1S/C10H11NO4.Zn/c11-6-8(12)15-10(14)9(13)7-4-2-1-3-5-7;/h1-5,9,13H,6,11H2;/t9-;/m1./s1. The maximum Gasteiger partial charge on any atom is 0.347 e. The molecule has 0 aliphatic rings. The number of rotatable bonds is 3. The second-order valence-corrected chi connectivity index (χ2v) is 2.81. The Bertz CT molecular complexity index is 355. The Labute approximate surface area is 105 Å². The van der Waals surface area contributed by atoms with Crippen LogP contribution in [0.15, 0.2) is 30.3 Å². The number of benzene rings is 1. The van der Waals surface area contributed by atoms with E-state index in [1.807, 2.05) is 0 Å². The summed E-state index contributed by atoms with van der Waals surface area (Å²) >= 11 is 0. The van der Waals surface area contributed by atoms with Crippen molar-refractivity contribution < 1.29 is 38.9 Å². The minimum absolute atomic E-state index is 0. The number of aliphatic hydroxyl groups is 1. The Kier molecular flexibility index (Phi) is 6.73. The van der Waals surface area contributed by atoms with E-state index in [1.54, 1.807) is 30.3 Å². The first-order valence-corrected chi connectivity index (χ1v) is 4.32. The van der Waals surface area contributed by atoms with E-state index in [4.69, 9.17) is 5.73 Å². The molecule has 0 amide bonds. The van der Waals surface area contributed by atoms with Crippen LogP contribution >= 0.6 is 0 Å². The first-order valence-electron chi connectivity index (χ1n) is 4.32. The van der Waals surface area contributed by atoms with Crippen molar-refractivity contribution in [3.8, 4) is 0 Å². The van der Waals surface area contributed by atoms with Gasteiger partial charge < -0.3 is 15.6 Å². The van der Waals surface area contributed by atoms with Gasteiger partial charge in [0.1, 0.15) is 0 Å². The second kappa shape index (κ2) is 7.22. The molecular weight excluding hydrogens is 264 g/mol. The summed E-state index contributed by atoms with van der Waals surface area (Å²) in [5.41, 5.74) is 5.32. The second-order valence-electron chi connectivity index (χ2n) is 2.81. The van der Waals surface area contributed by atoms with Gasteiger partial charge in [-0.15, -0.1) is 0 Å². The summed E-state index contributed by atoms with van der Waals surface area (Å²) in [6, 6.07) is 8.18. The Hall–Kier alpha value is -1.10. The predicted molar refractivity (Wildman–Crippen MR) is 51.6 cm³/mol. The zero-order valence-corrected chi connectivity index (χ0v) is 11.6. The van der Waals surface area contributed by atoms with E-state index in [1.165, 1.54) is 0 Å². The fraction of sp³-hybridized carbons (Fsp3) is 0.200. The first-order chi connectivity index (χ1) is 7.15. The summed E-state index contributed by atoms with van der Waals surface area (Å²) < 4.78 is 4.26. The van der Waals surface area contributed by atoms with E-state index in [2.05, 4.69) is 4.74 Å². The molecule has 1 aromatic carbocycles. The predicted octanol–water partition coefficient (Wildman–Crippen LogP) is -0.254. The summed E-state index contributed by atoms with van der Waals surface area (Å²) in [5, 5.41) is 9.47. The molecule has 0 bridgehead atoms. The van der Waals surface area contributed by atoms with Gasteiger partial charge in [0, 0.05) is 19.5 Å². The number of hydrogen-bond acceptors (Lipinski definition) is 5. The molecule has 6 heteroatoms. The molecule has 3 N–H and O–H groups in total. The van der Waals surface area contributed by atoms with E-state index in [0.717, 1.165) is 0 Å². The van der Waals surface area contributed by atoms with Crippen molar-refractivity contribution in [1.29, 1.82) is 0 Å². The zero-order chi connectivity index (χ0) is 11.3. The topological polar surface area (TPSA) is 89.6 Å². The van der Waals surface area contributed by atoms with E-state index < -0.39 is 24.6 Å². The van der Waals surface area contributed by atoms with Crippen LogP contribution in [0, 0.1) is 0 Å². The normalized spacial score (nSPS) is 11.1. The minimum atomic E-state index is -1.46. The van der Waals surface area contributed by atoms with Crippen molar-refractivity contribution in [3.63, 3.8) is 0 Å². The van der Waals surface area contributed by atoms with Crippen LogP contribution in [0.25, 0.3) is 0 Å². The van der Waals surface area contributed by atoms with Gasteiger partial charge in [0.05, 0.1) is 6.54 Å². The molecule has 82 valence electrons. The molecule has 0 fully saturated rings. The van der Waals surface area contributed by atoms with Crippen LogP contribution in [0.3, 0.4) is 0 Å². The van der Waals surface area contributed by atoms with E-state index in [0.29, 0.717) is 5.56 Å². The Balaban J connectivity index is 0.00000225. The molecule has 16 heavy (non-hydrogen) atoms. The van der Waals surface area contributed by atoms with Crippen molar-refractivity contribution >= 4 is 11.9 Å². The molecule has 0 aliphatic carbocycles. The number of aliphatic hydroxyl groups excluding tert-OH is 1. The van der Waals surface area contributed by atoms with Crippen molar-refractivity contribution in [2.24, 2.45) is 5.73 Å². The molecule has 1 atom stereocenters. The number of carbonyl (C=O) groups is 2. The molecular formula is C10H11NO4Zn. The average Bonchev–Trinajstić information content (AvgIpc) is 2.29. The SMILES string of the molecule is NCC(=O)OC(=O)[C@H](O)c1ccccc1.[Zn]. The van der Waals surface area contributed by atoms with E-state index in [-0.39, 0.29) is 19.5 Å². The van der Waals surface area contributed by atoms with Crippen LogP contribution in [0.5, 0.6) is 0 Å². The van der Waals surface area contributed by atoms with Crippen molar-refractivity contribution in [2.75, 3.05) is 6.54 Å². The van der Waals surface area contributed by atoms with Crippen molar-refractivity contribution in [2.45, 2.75) is 6.10 Å². The van der Waals surface area contributed by atoms with Gasteiger partial charge in [-0.2, -0.15) is 0 Å². The molecule has 0 spiro atoms. The molecule has 1 rings (SSSR count). The maximum absolute atomic E-state index is 11.2. The molecule has 0 aliphatic heterocycles. The van der Waals surface area contributed by atoms with Gasteiger partial charge in [0.25, 0.3) is 0 Å². The van der Waals surface area contributed by atoms with Gasteiger partial charge in [0.2, 0.25) is 0 Å². The number of nitrogens with two attached hydrogens (primary N) is 1. The largest absolute Gasteiger partial charge is 0.390 e. The van der Waals surface area contributed by atoms with Crippen molar-refractivity contribution in [3.05, 3.63) is 35.9 Å².